The molecular formula is C17H29N. The minimum absolute atomic E-state index is 0.327. The van der Waals surface area contributed by atoms with E-state index in [4.69, 9.17) is 0 Å². The summed E-state index contributed by atoms with van der Waals surface area (Å²) in [6.45, 7) is 11.1. The molecule has 0 bridgehead atoms. The number of benzene rings is 1. The number of nitrogens with one attached hydrogen (secondary N) is 1. The molecule has 1 N–H and O–H groups in total. The van der Waals surface area contributed by atoms with Crippen molar-refractivity contribution in [3.63, 3.8) is 0 Å². The second kappa shape index (κ2) is 7.58. The summed E-state index contributed by atoms with van der Waals surface area (Å²) in [6, 6.07) is 9.17. The quantitative estimate of drug-likeness (QED) is 0.716. The molecule has 0 spiro atoms. The lowest BCUT2D eigenvalue weighted by atomic mass is 9.73. The Labute approximate surface area is 113 Å². The molecule has 18 heavy (non-hydrogen) atoms. The average Bonchev–Trinajstić information content (AvgIpc) is 2.37. The maximum Gasteiger partial charge on any atom is 0.00775 e. The highest BCUT2D eigenvalue weighted by Gasteiger charge is 2.29. The molecule has 0 aliphatic heterocycles. The molecule has 0 saturated carbocycles. The maximum absolute atomic E-state index is 3.57. The molecule has 0 heterocycles. The largest absolute Gasteiger partial charge is 0.316 e. The van der Waals surface area contributed by atoms with E-state index in [1.807, 2.05) is 0 Å². The normalized spacial score (nSPS) is 11.8. The van der Waals surface area contributed by atoms with Gasteiger partial charge in [-0.05, 0) is 31.9 Å². The Kier molecular flexibility index (Phi) is 6.42. The van der Waals surface area contributed by atoms with E-state index in [1.165, 1.54) is 36.8 Å². The van der Waals surface area contributed by atoms with Gasteiger partial charge in [-0.25, -0.2) is 0 Å². The SMILES string of the molecule is CCCC(CCC)(CNCC)c1ccc(C)cc1. The summed E-state index contributed by atoms with van der Waals surface area (Å²) in [5.41, 5.74) is 3.19. The van der Waals surface area contributed by atoms with E-state index in [9.17, 15) is 0 Å². The van der Waals surface area contributed by atoms with Gasteiger partial charge < -0.3 is 5.32 Å². The first-order valence-corrected chi connectivity index (χ1v) is 7.46. The number of aryl methyl sites for hydroxylation is 1. The third kappa shape index (κ3) is 3.84. The highest BCUT2D eigenvalue weighted by molar-refractivity contribution is 5.29. The van der Waals surface area contributed by atoms with Gasteiger partial charge in [0.2, 0.25) is 0 Å². The Morgan fingerprint density at radius 2 is 1.50 bits per heavy atom. The summed E-state index contributed by atoms with van der Waals surface area (Å²) in [5.74, 6) is 0. The molecule has 0 atom stereocenters. The number of hydrogen-bond donors (Lipinski definition) is 1. The third-order valence-corrected chi connectivity index (χ3v) is 3.83. The Balaban J connectivity index is 3.01. The van der Waals surface area contributed by atoms with Crippen LogP contribution in [-0.2, 0) is 5.41 Å². The lowest BCUT2D eigenvalue weighted by Gasteiger charge is -2.35. The molecule has 0 unspecified atom stereocenters. The van der Waals surface area contributed by atoms with E-state index in [1.54, 1.807) is 0 Å². The smallest absolute Gasteiger partial charge is 0.00775 e. The van der Waals surface area contributed by atoms with Gasteiger partial charge in [0.05, 0.1) is 0 Å². The van der Waals surface area contributed by atoms with Crippen LogP contribution in [0.5, 0.6) is 0 Å². The van der Waals surface area contributed by atoms with Crippen LogP contribution in [0.4, 0.5) is 0 Å². The van der Waals surface area contributed by atoms with E-state index in [-0.39, 0.29) is 0 Å². The van der Waals surface area contributed by atoms with Gasteiger partial charge in [-0.2, -0.15) is 0 Å². The molecule has 1 heteroatoms. The van der Waals surface area contributed by atoms with Crippen molar-refractivity contribution >= 4 is 0 Å². The van der Waals surface area contributed by atoms with Gasteiger partial charge in [-0.15, -0.1) is 0 Å². The van der Waals surface area contributed by atoms with Gasteiger partial charge in [0, 0.05) is 12.0 Å². The van der Waals surface area contributed by atoms with Crippen LogP contribution in [0, 0.1) is 6.92 Å². The maximum atomic E-state index is 3.57. The third-order valence-electron chi connectivity index (χ3n) is 3.83. The molecule has 0 saturated heterocycles. The van der Waals surface area contributed by atoms with Crippen LogP contribution in [0.3, 0.4) is 0 Å². The zero-order chi connectivity index (χ0) is 13.4. The molecule has 1 aromatic carbocycles. The molecular weight excluding hydrogens is 218 g/mol. The van der Waals surface area contributed by atoms with Crippen LogP contribution >= 0.6 is 0 Å². The molecule has 1 rings (SSSR count). The lowest BCUT2D eigenvalue weighted by Crippen LogP contribution is -2.38. The van der Waals surface area contributed by atoms with E-state index >= 15 is 0 Å². The Hall–Kier alpha value is -0.820. The lowest BCUT2D eigenvalue weighted by molar-refractivity contribution is 0.338. The zero-order valence-corrected chi connectivity index (χ0v) is 12.6. The van der Waals surface area contributed by atoms with Crippen LogP contribution in [-0.4, -0.2) is 13.1 Å². The van der Waals surface area contributed by atoms with E-state index in [2.05, 4.69) is 57.3 Å². The van der Waals surface area contributed by atoms with Crippen LogP contribution in [0.2, 0.25) is 0 Å². The van der Waals surface area contributed by atoms with Gasteiger partial charge in [0.25, 0.3) is 0 Å². The molecule has 0 fully saturated rings. The molecule has 0 aliphatic rings. The monoisotopic (exact) mass is 247 g/mol. The first-order chi connectivity index (χ1) is 8.68. The summed E-state index contributed by atoms with van der Waals surface area (Å²) in [7, 11) is 0. The fourth-order valence-electron chi connectivity index (χ4n) is 2.92. The minimum atomic E-state index is 0.327. The van der Waals surface area contributed by atoms with Crippen molar-refractivity contribution in [3.05, 3.63) is 35.4 Å². The molecule has 102 valence electrons. The topological polar surface area (TPSA) is 12.0 Å². The first-order valence-electron chi connectivity index (χ1n) is 7.46. The highest BCUT2D eigenvalue weighted by atomic mass is 14.9. The average molecular weight is 247 g/mol. The van der Waals surface area contributed by atoms with Crippen molar-refractivity contribution in [3.8, 4) is 0 Å². The molecule has 0 aromatic heterocycles. The van der Waals surface area contributed by atoms with Crippen LogP contribution in [0.25, 0.3) is 0 Å². The second-order valence-corrected chi connectivity index (χ2v) is 5.43. The molecule has 0 amide bonds. The van der Waals surface area contributed by atoms with Crippen molar-refractivity contribution in [2.75, 3.05) is 13.1 Å². The highest BCUT2D eigenvalue weighted by Crippen LogP contribution is 2.34. The van der Waals surface area contributed by atoms with Crippen molar-refractivity contribution in [1.82, 2.24) is 5.32 Å². The number of rotatable bonds is 8. The van der Waals surface area contributed by atoms with Gasteiger partial charge in [0.15, 0.2) is 0 Å². The molecule has 0 radical (unpaired) electrons. The van der Waals surface area contributed by atoms with E-state index < -0.39 is 0 Å². The summed E-state index contributed by atoms with van der Waals surface area (Å²) in [6.07, 6.45) is 5.05. The summed E-state index contributed by atoms with van der Waals surface area (Å²) in [4.78, 5) is 0. The summed E-state index contributed by atoms with van der Waals surface area (Å²) in [5, 5.41) is 3.57. The second-order valence-electron chi connectivity index (χ2n) is 5.43. The number of likely N-dealkylation sites (N-methyl/N-ethyl adjacent to an activating group) is 1. The van der Waals surface area contributed by atoms with Gasteiger partial charge in [-0.3, -0.25) is 0 Å². The fraction of sp³-hybridized carbons (Fsp3) is 0.647. The van der Waals surface area contributed by atoms with Gasteiger partial charge >= 0.3 is 0 Å². The van der Waals surface area contributed by atoms with Crippen molar-refractivity contribution in [2.24, 2.45) is 0 Å². The zero-order valence-electron chi connectivity index (χ0n) is 12.6. The summed E-state index contributed by atoms with van der Waals surface area (Å²) < 4.78 is 0. The molecule has 1 nitrogen and oxygen atoms in total. The Morgan fingerprint density at radius 1 is 0.944 bits per heavy atom. The van der Waals surface area contributed by atoms with Gasteiger partial charge in [0.1, 0.15) is 0 Å². The van der Waals surface area contributed by atoms with E-state index in [0.29, 0.717) is 5.41 Å². The summed E-state index contributed by atoms with van der Waals surface area (Å²) >= 11 is 0. The Morgan fingerprint density at radius 3 is 1.94 bits per heavy atom. The predicted molar refractivity (Wildman–Crippen MR) is 81.2 cm³/mol. The van der Waals surface area contributed by atoms with Crippen molar-refractivity contribution in [1.29, 1.82) is 0 Å². The fourth-order valence-corrected chi connectivity index (χ4v) is 2.92. The number of hydrogen-bond acceptors (Lipinski definition) is 1. The molecule has 1 aromatic rings. The van der Waals surface area contributed by atoms with Crippen LogP contribution in [0.1, 0.15) is 57.6 Å². The molecule has 0 aliphatic carbocycles. The van der Waals surface area contributed by atoms with Crippen molar-refractivity contribution < 1.29 is 0 Å². The standard InChI is InChI=1S/C17H29N/c1-5-12-17(13-6-2,14-18-7-3)16-10-8-15(4)9-11-16/h8-11,18H,5-7,12-14H2,1-4H3. The van der Waals surface area contributed by atoms with Crippen LogP contribution < -0.4 is 5.32 Å². The minimum Gasteiger partial charge on any atom is -0.316 e. The van der Waals surface area contributed by atoms with E-state index in [0.717, 1.165) is 13.1 Å². The van der Waals surface area contributed by atoms with Crippen molar-refractivity contribution in [2.45, 2.75) is 58.8 Å². The van der Waals surface area contributed by atoms with Gasteiger partial charge in [-0.1, -0.05) is 63.4 Å². The predicted octanol–water partition coefficient (Wildman–Crippen LogP) is 4.44. The van der Waals surface area contributed by atoms with Crippen LogP contribution in [0.15, 0.2) is 24.3 Å². The Bertz CT molecular complexity index is 320. The first kappa shape index (κ1) is 15.2.